The summed E-state index contributed by atoms with van der Waals surface area (Å²) in [5, 5.41) is 3.19. The fourth-order valence-corrected chi connectivity index (χ4v) is 1.96. The third kappa shape index (κ3) is 6.16. The van der Waals surface area contributed by atoms with E-state index in [9.17, 15) is 9.59 Å². The number of nitrogens with one attached hydrogen (secondary N) is 1. The van der Waals surface area contributed by atoms with Crippen LogP contribution in [0, 0.1) is 0 Å². The van der Waals surface area contributed by atoms with E-state index < -0.39 is 0 Å². The predicted molar refractivity (Wildman–Crippen MR) is 88.1 cm³/mol. The van der Waals surface area contributed by atoms with E-state index in [1.807, 2.05) is 19.2 Å². The molecule has 1 aromatic carbocycles. The van der Waals surface area contributed by atoms with Gasteiger partial charge in [-0.2, -0.15) is 0 Å². The van der Waals surface area contributed by atoms with Crippen molar-refractivity contribution in [2.75, 3.05) is 32.1 Å². The summed E-state index contributed by atoms with van der Waals surface area (Å²) in [6.45, 7) is 5.65. The number of unbranched alkanes of at least 4 members (excludes halogenated alkanes) is 1. The average Bonchev–Trinajstić information content (AvgIpc) is 2.53. The van der Waals surface area contributed by atoms with Crippen LogP contribution in [0.15, 0.2) is 24.3 Å². The first-order chi connectivity index (χ1) is 10.6. The lowest BCUT2D eigenvalue weighted by atomic mass is 10.2. The Morgan fingerprint density at radius 3 is 2.45 bits per heavy atom. The average molecular weight is 306 g/mol. The second kappa shape index (κ2) is 9.82. The zero-order chi connectivity index (χ0) is 16.4. The molecule has 0 radical (unpaired) electrons. The largest absolute Gasteiger partial charge is 0.462 e. The number of amides is 1. The lowest BCUT2D eigenvalue weighted by Crippen LogP contribution is -2.29. The maximum atomic E-state index is 11.9. The van der Waals surface area contributed by atoms with Crippen LogP contribution in [0.1, 0.15) is 43.5 Å². The summed E-state index contributed by atoms with van der Waals surface area (Å²) in [6, 6.07) is 7.07. The van der Waals surface area contributed by atoms with E-state index in [1.54, 1.807) is 24.0 Å². The first-order valence-electron chi connectivity index (χ1n) is 7.83. The molecule has 1 N–H and O–H groups in total. The standard InChI is InChI=1S/C17H26N2O3/c1-4-6-13-19(3)16(20)11-12-18-15-9-7-14(8-10-15)17(21)22-5-2/h7-10,18H,4-6,11-13H2,1-3H3. The van der Waals surface area contributed by atoms with Crippen molar-refractivity contribution in [2.24, 2.45) is 0 Å². The quantitative estimate of drug-likeness (QED) is 0.713. The van der Waals surface area contributed by atoms with Gasteiger partial charge in [-0.05, 0) is 37.6 Å². The van der Waals surface area contributed by atoms with E-state index in [1.165, 1.54) is 0 Å². The van der Waals surface area contributed by atoms with Crippen LogP contribution < -0.4 is 5.32 Å². The van der Waals surface area contributed by atoms with Gasteiger partial charge in [-0.15, -0.1) is 0 Å². The molecule has 0 aliphatic rings. The molecule has 0 aliphatic carbocycles. The molecule has 1 aromatic rings. The highest BCUT2D eigenvalue weighted by Gasteiger charge is 2.08. The number of anilines is 1. The van der Waals surface area contributed by atoms with Crippen LogP contribution in [-0.2, 0) is 9.53 Å². The summed E-state index contributed by atoms with van der Waals surface area (Å²) in [4.78, 5) is 25.2. The molecule has 0 saturated heterocycles. The first kappa shape index (κ1) is 18.0. The number of benzene rings is 1. The third-order valence-electron chi connectivity index (χ3n) is 3.34. The Hall–Kier alpha value is -2.04. The van der Waals surface area contributed by atoms with Gasteiger partial charge in [0.2, 0.25) is 5.91 Å². The number of carbonyl (C=O) groups excluding carboxylic acids is 2. The molecule has 122 valence electrons. The zero-order valence-electron chi connectivity index (χ0n) is 13.7. The van der Waals surface area contributed by atoms with Crippen molar-refractivity contribution in [2.45, 2.75) is 33.1 Å². The van der Waals surface area contributed by atoms with Crippen LogP contribution in [-0.4, -0.2) is 43.5 Å². The summed E-state index contributed by atoms with van der Waals surface area (Å²) >= 11 is 0. The minimum absolute atomic E-state index is 0.143. The number of rotatable bonds is 9. The lowest BCUT2D eigenvalue weighted by molar-refractivity contribution is -0.129. The molecule has 0 aromatic heterocycles. The summed E-state index contributed by atoms with van der Waals surface area (Å²) in [7, 11) is 1.84. The van der Waals surface area contributed by atoms with Crippen molar-refractivity contribution >= 4 is 17.6 Å². The van der Waals surface area contributed by atoms with Crippen LogP contribution >= 0.6 is 0 Å². The van der Waals surface area contributed by atoms with E-state index in [0.29, 0.717) is 25.1 Å². The SMILES string of the molecule is CCCCN(C)C(=O)CCNc1ccc(C(=O)OCC)cc1. The predicted octanol–water partition coefficient (Wildman–Crippen LogP) is 2.92. The molecule has 1 amide bonds. The van der Waals surface area contributed by atoms with Gasteiger partial charge < -0.3 is 15.0 Å². The Balaban J connectivity index is 2.36. The molecule has 22 heavy (non-hydrogen) atoms. The smallest absolute Gasteiger partial charge is 0.338 e. The van der Waals surface area contributed by atoms with Crippen molar-refractivity contribution in [3.8, 4) is 0 Å². The summed E-state index contributed by atoms with van der Waals surface area (Å²) in [5.41, 5.74) is 1.42. The topological polar surface area (TPSA) is 58.6 Å². The monoisotopic (exact) mass is 306 g/mol. The van der Waals surface area contributed by atoms with Crippen molar-refractivity contribution in [3.05, 3.63) is 29.8 Å². The lowest BCUT2D eigenvalue weighted by Gasteiger charge is -2.17. The van der Waals surface area contributed by atoms with E-state index in [-0.39, 0.29) is 11.9 Å². The molecular formula is C17H26N2O3. The van der Waals surface area contributed by atoms with Crippen LogP contribution in [0.2, 0.25) is 0 Å². The normalized spacial score (nSPS) is 10.1. The minimum Gasteiger partial charge on any atom is -0.462 e. The van der Waals surface area contributed by atoms with E-state index in [4.69, 9.17) is 4.74 Å². The molecule has 5 heteroatoms. The molecule has 0 unspecified atom stereocenters. The molecule has 0 aliphatic heterocycles. The van der Waals surface area contributed by atoms with Gasteiger partial charge in [-0.3, -0.25) is 4.79 Å². The molecule has 0 fully saturated rings. The second-order valence-corrected chi connectivity index (χ2v) is 5.14. The Labute approximate surface area is 132 Å². The van der Waals surface area contributed by atoms with Gasteiger partial charge in [0.15, 0.2) is 0 Å². The van der Waals surface area contributed by atoms with Crippen molar-refractivity contribution in [3.63, 3.8) is 0 Å². The number of ether oxygens (including phenoxy) is 1. The second-order valence-electron chi connectivity index (χ2n) is 5.14. The van der Waals surface area contributed by atoms with Crippen LogP contribution in [0.3, 0.4) is 0 Å². The number of esters is 1. The van der Waals surface area contributed by atoms with Gasteiger partial charge >= 0.3 is 5.97 Å². The Morgan fingerprint density at radius 2 is 1.86 bits per heavy atom. The molecule has 0 bridgehead atoms. The van der Waals surface area contributed by atoms with Gasteiger partial charge in [-0.1, -0.05) is 13.3 Å². The van der Waals surface area contributed by atoms with Crippen LogP contribution in [0.25, 0.3) is 0 Å². The number of nitrogens with zero attached hydrogens (tertiary/aromatic N) is 1. The van der Waals surface area contributed by atoms with Gasteiger partial charge in [0.25, 0.3) is 0 Å². The van der Waals surface area contributed by atoms with Crippen LogP contribution in [0.5, 0.6) is 0 Å². The van der Waals surface area contributed by atoms with E-state index in [0.717, 1.165) is 25.1 Å². The highest BCUT2D eigenvalue weighted by Crippen LogP contribution is 2.10. The zero-order valence-corrected chi connectivity index (χ0v) is 13.7. The van der Waals surface area contributed by atoms with Gasteiger partial charge in [0, 0.05) is 32.2 Å². The summed E-state index contributed by atoms with van der Waals surface area (Å²) in [6.07, 6.45) is 2.58. The van der Waals surface area contributed by atoms with Crippen molar-refractivity contribution in [1.29, 1.82) is 0 Å². The molecular weight excluding hydrogens is 280 g/mol. The highest BCUT2D eigenvalue weighted by molar-refractivity contribution is 5.89. The minimum atomic E-state index is -0.318. The summed E-state index contributed by atoms with van der Waals surface area (Å²) in [5.74, 6) is -0.175. The summed E-state index contributed by atoms with van der Waals surface area (Å²) < 4.78 is 4.93. The van der Waals surface area contributed by atoms with Crippen LogP contribution in [0.4, 0.5) is 5.69 Å². The Bertz CT molecular complexity index is 471. The Morgan fingerprint density at radius 1 is 1.18 bits per heavy atom. The van der Waals surface area contributed by atoms with Crippen molar-refractivity contribution < 1.29 is 14.3 Å². The number of hydrogen-bond acceptors (Lipinski definition) is 4. The molecule has 0 heterocycles. The van der Waals surface area contributed by atoms with Gasteiger partial charge in [0.1, 0.15) is 0 Å². The van der Waals surface area contributed by atoms with Gasteiger partial charge in [0.05, 0.1) is 12.2 Å². The molecule has 0 saturated carbocycles. The van der Waals surface area contributed by atoms with E-state index in [2.05, 4.69) is 12.2 Å². The Kier molecular flexibility index (Phi) is 8.04. The molecule has 0 atom stereocenters. The first-order valence-corrected chi connectivity index (χ1v) is 7.83. The fraction of sp³-hybridized carbons (Fsp3) is 0.529. The maximum Gasteiger partial charge on any atom is 0.338 e. The third-order valence-corrected chi connectivity index (χ3v) is 3.34. The van der Waals surface area contributed by atoms with E-state index >= 15 is 0 Å². The van der Waals surface area contributed by atoms with Crippen molar-refractivity contribution in [1.82, 2.24) is 4.90 Å². The fourth-order valence-electron chi connectivity index (χ4n) is 1.96. The maximum absolute atomic E-state index is 11.9. The van der Waals surface area contributed by atoms with Gasteiger partial charge in [-0.25, -0.2) is 4.79 Å². The number of carbonyl (C=O) groups is 2. The molecule has 1 rings (SSSR count). The molecule has 0 spiro atoms. The highest BCUT2D eigenvalue weighted by atomic mass is 16.5. The number of hydrogen-bond donors (Lipinski definition) is 1. The molecule has 5 nitrogen and oxygen atoms in total.